The van der Waals surface area contributed by atoms with E-state index in [1.807, 2.05) is 32.6 Å². The van der Waals surface area contributed by atoms with Gasteiger partial charge in [-0.15, -0.1) is 0 Å². The molecule has 2 aliphatic heterocycles. The van der Waals surface area contributed by atoms with E-state index in [-0.39, 0.29) is 5.91 Å². The summed E-state index contributed by atoms with van der Waals surface area (Å²) in [5.74, 6) is 0.0133. The van der Waals surface area contributed by atoms with Crippen LogP contribution in [0.1, 0.15) is 42.4 Å². The Morgan fingerprint density at radius 2 is 1.88 bits per heavy atom. The minimum Gasteiger partial charge on any atom is -0.443 e. The van der Waals surface area contributed by atoms with Crippen molar-refractivity contribution in [1.82, 2.24) is 14.4 Å². The summed E-state index contributed by atoms with van der Waals surface area (Å²) in [7, 11) is 0. The predicted octanol–water partition coefficient (Wildman–Crippen LogP) is 1.91. The minimum absolute atomic E-state index is 0.0133. The summed E-state index contributed by atoms with van der Waals surface area (Å²) in [5, 5.41) is 0. The van der Waals surface area contributed by atoms with Crippen molar-refractivity contribution in [2.75, 3.05) is 45.9 Å². The van der Waals surface area contributed by atoms with Crippen molar-refractivity contribution in [2.45, 2.75) is 39.7 Å². The monoisotopic (exact) mass is 363 g/mol. The van der Waals surface area contributed by atoms with Gasteiger partial charge in [0.2, 0.25) is 0 Å². The molecule has 1 fully saturated rings. The van der Waals surface area contributed by atoms with E-state index in [0.29, 0.717) is 25.1 Å². The molecule has 1 saturated heterocycles. The van der Waals surface area contributed by atoms with Crippen molar-refractivity contribution in [3.63, 3.8) is 0 Å². The van der Waals surface area contributed by atoms with E-state index in [1.165, 1.54) is 4.57 Å². The number of rotatable bonds is 3. The number of carbonyl (C=O) groups is 2. The van der Waals surface area contributed by atoms with Crippen molar-refractivity contribution in [2.24, 2.45) is 0 Å². The van der Waals surface area contributed by atoms with Gasteiger partial charge in [0.1, 0.15) is 5.60 Å². The van der Waals surface area contributed by atoms with Gasteiger partial charge in [-0.1, -0.05) is 0 Å². The molecule has 7 heteroatoms. The highest BCUT2D eigenvalue weighted by atomic mass is 16.6. The first-order valence-corrected chi connectivity index (χ1v) is 9.30. The van der Waals surface area contributed by atoms with Crippen LogP contribution in [0.25, 0.3) is 0 Å². The largest absolute Gasteiger partial charge is 0.443 e. The number of hydrogen-bond acceptors (Lipinski definition) is 5. The summed E-state index contributed by atoms with van der Waals surface area (Å²) in [6, 6.07) is 0. The maximum atomic E-state index is 12.9. The van der Waals surface area contributed by atoms with Gasteiger partial charge >= 0.3 is 6.09 Å². The second-order valence-electron chi connectivity index (χ2n) is 7.98. The Labute approximate surface area is 154 Å². The molecule has 0 bridgehead atoms. The highest BCUT2D eigenvalue weighted by molar-refractivity contribution is 5.99. The fourth-order valence-corrected chi connectivity index (χ4v) is 3.50. The Morgan fingerprint density at radius 3 is 2.54 bits per heavy atom. The third kappa shape index (κ3) is 4.10. The second kappa shape index (κ2) is 7.40. The van der Waals surface area contributed by atoms with E-state index in [4.69, 9.17) is 9.47 Å². The van der Waals surface area contributed by atoms with E-state index in [1.54, 1.807) is 6.20 Å². The molecular weight excluding hydrogens is 334 g/mol. The highest BCUT2D eigenvalue weighted by Crippen LogP contribution is 2.25. The number of nitrogens with zero attached hydrogens (tertiary/aromatic N) is 3. The maximum Gasteiger partial charge on any atom is 0.418 e. The van der Waals surface area contributed by atoms with Gasteiger partial charge in [-0.3, -0.25) is 14.3 Å². The fraction of sp³-hybridized carbons (Fsp3) is 0.684. The van der Waals surface area contributed by atoms with Crippen LogP contribution in [0.3, 0.4) is 0 Å². The van der Waals surface area contributed by atoms with E-state index in [0.717, 1.165) is 44.1 Å². The van der Waals surface area contributed by atoms with E-state index in [9.17, 15) is 9.59 Å². The Kier molecular flexibility index (Phi) is 5.39. The highest BCUT2D eigenvalue weighted by Gasteiger charge is 2.32. The van der Waals surface area contributed by atoms with Gasteiger partial charge in [0, 0.05) is 51.0 Å². The predicted molar refractivity (Wildman–Crippen MR) is 97.7 cm³/mol. The van der Waals surface area contributed by atoms with E-state index < -0.39 is 11.7 Å². The summed E-state index contributed by atoms with van der Waals surface area (Å²) in [4.78, 5) is 29.6. The standard InChI is InChI=1S/C19H29N3O4/c1-14-13-22(18(24)26-19(2,3)4)15-5-6-21(17(23)16(14)15)8-7-20-9-11-25-12-10-20/h13H,5-12H2,1-4H3. The molecule has 0 atom stereocenters. The maximum absolute atomic E-state index is 12.9. The summed E-state index contributed by atoms with van der Waals surface area (Å²) < 4.78 is 12.3. The lowest BCUT2D eigenvalue weighted by atomic mass is 10.0. The number of amides is 1. The van der Waals surface area contributed by atoms with Crippen LogP contribution in [0.5, 0.6) is 0 Å². The molecule has 3 rings (SSSR count). The molecule has 144 valence electrons. The Hall–Kier alpha value is -1.86. The second-order valence-corrected chi connectivity index (χ2v) is 7.98. The lowest BCUT2D eigenvalue weighted by Gasteiger charge is -2.32. The van der Waals surface area contributed by atoms with Crippen LogP contribution in [0.4, 0.5) is 4.79 Å². The number of aromatic nitrogens is 1. The van der Waals surface area contributed by atoms with E-state index >= 15 is 0 Å². The third-order valence-corrected chi connectivity index (χ3v) is 4.80. The van der Waals surface area contributed by atoms with E-state index in [2.05, 4.69) is 4.90 Å². The molecule has 3 heterocycles. The topological polar surface area (TPSA) is 64.0 Å². The Bertz CT molecular complexity index is 684. The quantitative estimate of drug-likeness (QED) is 0.821. The van der Waals surface area contributed by atoms with Crippen LogP contribution in [-0.2, 0) is 15.9 Å². The van der Waals surface area contributed by atoms with Crippen LogP contribution in [-0.4, -0.2) is 77.9 Å². The summed E-state index contributed by atoms with van der Waals surface area (Å²) in [5.41, 5.74) is 1.69. The average molecular weight is 363 g/mol. The lowest BCUT2D eigenvalue weighted by Crippen LogP contribution is -2.45. The number of carbonyl (C=O) groups excluding carboxylic acids is 2. The van der Waals surface area contributed by atoms with Gasteiger partial charge in [-0.25, -0.2) is 4.79 Å². The number of ether oxygens (including phenoxy) is 2. The molecule has 1 aromatic heterocycles. The van der Waals surface area contributed by atoms with Crippen molar-refractivity contribution in [1.29, 1.82) is 0 Å². The van der Waals surface area contributed by atoms with Gasteiger partial charge < -0.3 is 14.4 Å². The first-order chi connectivity index (χ1) is 12.3. The summed E-state index contributed by atoms with van der Waals surface area (Å²) in [6.07, 6.45) is 1.97. The van der Waals surface area contributed by atoms with Crippen LogP contribution in [0.2, 0.25) is 0 Å². The molecule has 0 N–H and O–H groups in total. The number of fused-ring (bicyclic) bond motifs is 1. The molecule has 26 heavy (non-hydrogen) atoms. The number of aryl methyl sites for hydroxylation is 1. The number of hydrogen-bond donors (Lipinski definition) is 0. The molecule has 0 aromatic carbocycles. The fourth-order valence-electron chi connectivity index (χ4n) is 3.50. The Balaban J connectivity index is 1.71. The molecule has 0 spiro atoms. The molecule has 0 radical (unpaired) electrons. The van der Waals surface area contributed by atoms with Crippen molar-refractivity contribution < 1.29 is 19.1 Å². The first-order valence-electron chi connectivity index (χ1n) is 9.30. The van der Waals surface area contributed by atoms with Gasteiger partial charge in [-0.2, -0.15) is 0 Å². The zero-order valence-electron chi connectivity index (χ0n) is 16.2. The summed E-state index contributed by atoms with van der Waals surface area (Å²) in [6.45, 7) is 12.9. The molecule has 7 nitrogen and oxygen atoms in total. The smallest absolute Gasteiger partial charge is 0.418 e. The molecule has 2 aliphatic rings. The normalized spacial score (nSPS) is 18.8. The molecule has 1 amide bonds. The van der Waals surface area contributed by atoms with Crippen LogP contribution >= 0.6 is 0 Å². The van der Waals surface area contributed by atoms with Crippen molar-refractivity contribution in [3.8, 4) is 0 Å². The van der Waals surface area contributed by atoms with Gasteiger partial charge in [-0.05, 0) is 33.3 Å². The molecule has 0 saturated carbocycles. The zero-order valence-corrected chi connectivity index (χ0v) is 16.2. The van der Waals surface area contributed by atoms with Crippen LogP contribution in [0.15, 0.2) is 6.20 Å². The first kappa shape index (κ1) is 18.9. The van der Waals surface area contributed by atoms with Gasteiger partial charge in [0.05, 0.1) is 18.8 Å². The van der Waals surface area contributed by atoms with Crippen molar-refractivity contribution >= 4 is 12.0 Å². The molecular formula is C19H29N3O4. The number of morpholine rings is 1. The molecule has 0 aliphatic carbocycles. The van der Waals surface area contributed by atoms with Crippen LogP contribution in [0, 0.1) is 6.92 Å². The van der Waals surface area contributed by atoms with Crippen molar-refractivity contribution in [3.05, 3.63) is 23.0 Å². The SMILES string of the molecule is Cc1cn(C(=O)OC(C)(C)C)c2c1C(=O)N(CCN1CCOCC1)CC2. The van der Waals surface area contributed by atoms with Gasteiger partial charge in [0.25, 0.3) is 5.91 Å². The molecule has 0 unspecified atom stereocenters. The minimum atomic E-state index is -0.564. The third-order valence-electron chi connectivity index (χ3n) is 4.80. The van der Waals surface area contributed by atoms with Gasteiger partial charge in [0.15, 0.2) is 0 Å². The average Bonchev–Trinajstić information content (AvgIpc) is 2.91. The zero-order chi connectivity index (χ0) is 18.9. The Morgan fingerprint density at radius 1 is 1.19 bits per heavy atom. The lowest BCUT2D eigenvalue weighted by molar-refractivity contribution is 0.0321. The summed E-state index contributed by atoms with van der Waals surface area (Å²) >= 11 is 0. The van der Waals surface area contributed by atoms with Crippen LogP contribution < -0.4 is 0 Å². The molecule has 1 aromatic rings.